The minimum Gasteiger partial charge on any atom is -0.872 e. The summed E-state index contributed by atoms with van der Waals surface area (Å²) in [6.07, 6.45) is -4.71. The molecule has 28 heavy (non-hydrogen) atoms. The summed E-state index contributed by atoms with van der Waals surface area (Å²) in [6, 6.07) is 5.54. The molecule has 0 heterocycles. The summed E-state index contributed by atoms with van der Waals surface area (Å²) >= 11 is 0. The summed E-state index contributed by atoms with van der Waals surface area (Å²) in [4.78, 5) is 36.9. The SMILES string of the molecule is O=C(O)c1ccccc1[O-].O=C([O-])C(O)C(O)C(=O)O.[C-]#N.[Fe].[K+].[N-]=O.[Na+].[Na+]. The second kappa shape index (κ2) is 29.8. The zero-order valence-corrected chi connectivity index (χ0v) is 23.2. The van der Waals surface area contributed by atoms with Gasteiger partial charge < -0.3 is 57.8 Å². The van der Waals surface area contributed by atoms with Crippen LogP contribution in [-0.2, 0) is 26.7 Å². The van der Waals surface area contributed by atoms with Gasteiger partial charge in [0.15, 0.2) is 6.10 Å². The van der Waals surface area contributed by atoms with Crippen LogP contribution in [0.25, 0.3) is 5.59 Å². The molecule has 0 spiro atoms. The van der Waals surface area contributed by atoms with Crippen molar-refractivity contribution in [2.24, 2.45) is 0 Å². The van der Waals surface area contributed by atoms with E-state index in [-0.39, 0.29) is 133 Å². The number of carbonyl (C=O) groups excluding carboxylic acids is 1. The van der Waals surface area contributed by atoms with Crippen LogP contribution in [0, 0.1) is 16.7 Å². The maximum atomic E-state index is 10.7. The molecule has 0 radical (unpaired) electrons. The Labute approximate surface area is 256 Å². The molecule has 16 heteroatoms. The van der Waals surface area contributed by atoms with Crippen LogP contribution in [0.4, 0.5) is 0 Å². The van der Waals surface area contributed by atoms with Crippen molar-refractivity contribution < 1.29 is 173 Å². The first-order chi connectivity index (χ1) is 11.2. The Morgan fingerprint density at radius 1 is 1.00 bits per heavy atom. The Morgan fingerprint density at radius 3 is 1.54 bits per heavy atom. The second-order valence-corrected chi connectivity index (χ2v) is 3.35. The summed E-state index contributed by atoms with van der Waals surface area (Å²) in [6.45, 7) is 4.75. The zero-order chi connectivity index (χ0) is 19.9. The standard InChI is InChI=1S/C7H6O3.C4H6O6.CN.Fe.K.NO.2Na/c8-6-4-2-1-3-5(6)7(9)10;5-1(3(7)8)2(6)4(9)10;1-2;;;1-2;;/h1-4,8H,(H,9,10);1-2,5-6H,(H,7,8)(H,9,10);;;;;;/q;;-1;;+1;-1;2*+1/p-2. The first-order valence-electron chi connectivity index (χ1n) is 5.38. The number of benzene rings is 1. The first kappa shape index (κ1) is 46.7. The molecule has 0 aliphatic carbocycles. The maximum absolute atomic E-state index is 10.7. The van der Waals surface area contributed by atoms with E-state index in [1.54, 1.807) is 0 Å². The van der Waals surface area contributed by atoms with E-state index in [0.29, 0.717) is 0 Å². The van der Waals surface area contributed by atoms with E-state index in [9.17, 15) is 24.6 Å². The number of nitroso groups, excluding NO2 is 1. The minimum absolute atomic E-state index is 0. The number of rotatable bonds is 4. The minimum atomic E-state index is -2.38. The molecular formula is C12H10FeKN2Na2O10-. The van der Waals surface area contributed by atoms with Gasteiger partial charge in [-0.15, -0.1) is 0 Å². The van der Waals surface area contributed by atoms with Gasteiger partial charge in [-0.3, -0.25) is 0 Å². The smallest absolute Gasteiger partial charge is 0.872 e. The van der Waals surface area contributed by atoms with E-state index in [1.165, 1.54) is 24.3 Å². The maximum Gasteiger partial charge on any atom is 1.00 e. The number of carboxylic acid groups (broad SMARTS) is 3. The number of aliphatic carboxylic acids is 2. The average Bonchev–Trinajstić information content (AvgIpc) is 2.57. The van der Waals surface area contributed by atoms with Crippen molar-refractivity contribution in [2.75, 3.05) is 0 Å². The van der Waals surface area contributed by atoms with Crippen LogP contribution < -0.4 is 121 Å². The Hall–Kier alpha value is 0.596. The molecule has 1 aromatic rings. The normalized spacial score (nSPS) is 9.14. The molecule has 0 saturated heterocycles. The molecule has 0 bridgehead atoms. The van der Waals surface area contributed by atoms with Gasteiger partial charge >= 0.3 is 122 Å². The van der Waals surface area contributed by atoms with Gasteiger partial charge in [0, 0.05) is 17.1 Å². The number of aromatic carboxylic acids is 1. The third-order valence-electron chi connectivity index (χ3n) is 1.91. The number of para-hydroxylation sites is 1. The van der Waals surface area contributed by atoms with Crippen LogP contribution in [0.15, 0.2) is 24.3 Å². The fourth-order valence-electron chi connectivity index (χ4n) is 0.907. The number of hydrogen-bond acceptors (Lipinski definition) is 9. The molecule has 0 aliphatic rings. The number of aliphatic hydroxyl groups excluding tert-OH is 2. The van der Waals surface area contributed by atoms with Crippen LogP contribution in [-0.4, -0.2) is 50.5 Å². The number of hydrogen-bond donors (Lipinski definition) is 4. The van der Waals surface area contributed by atoms with E-state index < -0.39 is 35.9 Å². The number of aliphatic hydroxyl groups is 2. The van der Waals surface area contributed by atoms with Crippen molar-refractivity contribution in [2.45, 2.75) is 12.2 Å². The van der Waals surface area contributed by atoms with E-state index in [0.717, 1.165) is 0 Å². The molecule has 2 atom stereocenters. The van der Waals surface area contributed by atoms with Gasteiger partial charge in [-0.1, -0.05) is 23.9 Å². The van der Waals surface area contributed by atoms with Crippen LogP contribution in [0.2, 0.25) is 0 Å². The van der Waals surface area contributed by atoms with Crippen molar-refractivity contribution in [1.29, 1.82) is 5.26 Å². The van der Waals surface area contributed by atoms with Crippen LogP contribution >= 0.6 is 0 Å². The fraction of sp³-hybridized carbons (Fsp3) is 0.167. The summed E-state index contributed by atoms with van der Waals surface area (Å²) in [5.74, 6) is -5.45. The molecule has 0 amide bonds. The zero-order valence-electron chi connectivity index (χ0n) is 15.0. The van der Waals surface area contributed by atoms with Gasteiger partial charge in [-0.2, -0.15) is 0 Å². The van der Waals surface area contributed by atoms with Gasteiger partial charge in [-0.05, 0) is 6.07 Å². The Bertz CT molecular complexity index is 564. The van der Waals surface area contributed by atoms with Crippen molar-refractivity contribution >= 4 is 17.9 Å². The molecule has 1 rings (SSSR count). The predicted octanol–water partition coefficient (Wildman–Crippen LogP) is -11.6. The number of nitrogens with zero attached hydrogens (tertiary/aromatic N) is 2. The molecule has 4 N–H and O–H groups in total. The first-order valence-corrected chi connectivity index (χ1v) is 5.38. The van der Waals surface area contributed by atoms with Crippen molar-refractivity contribution in [3.63, 3.8) is 0 Å². The second-order valence-electron chi connectivity index (χ2n) is 3.35. The summed E-state index contributed by atoms with van der Waals surface area (Å²) < 4.78 is 0. The van der Waals surface area contributed by atoms with Gasteiger partial charge in [-0.25, -0.2) is 9.59 Å². The predicted molar refractivity (Wildman–Crippen MR) is 69.2 cm³/mol. The van der Waals surface area contributed by atoms with Crippen molar-refractivity contribution in [3.05, 3.63) is 46.9 Å². The van der Waals surface area contributed by atoms with Crippen molar-refractivity contribution in [1.82, 2.24) is 0 Å². The molecule has 0 aromatic heterocycles. The molecule has 0 aliphatic heterocycles. The molecule has 0 fully saturated rings. The molecule has 0 saturated carbocycles. The van der Waals surface area contributed by atoms with Gasteiger partial charge in [0.2, 0.25) is 0 Å². The molecule has 2 unspecified atom stereocenters. The molecule has 12 nitrogen and oxygen atoms in total. The monoisotopic (exact) mass is 483 g/mol. The van der Waals surface area contributed by atoms with Gasteiger partial charge in [0.05, 0.1) is 11.5 Å². The fourth-order valence-corrected chi connectivity index (χ4v) is 0.907. The number of carboxylic acids is 3. The van der Waals surface area contributed by atoms with E-state index in [2.05, 4.69) is 0 Å². The van der Waals surface area contributed by atoms with Crippen LogP contribution in [0.5, 0.6) is 5.75 Å². The summed E-state index contributed by atoms with van der Waals surface area (Å²) in [5, 5.41) is 59.4. The van der Waals surface area contributed by atoms with Crippen LogP contribution in [0.3, 0.4) is 0 Å². The topological polar surface area (TPSA) is 241 Å². The Kier molecular flexibility index (Phi) is 49.7. The Morgan fingerprint density at radius 2 is 1.36 bits per heavy atom. The molecular weight excluding hydrogens is 473 g/mol. The molecule has 140 valence electrons. The van der Waals surface area contributed by atoms with Crippen LogP contribution in [0.1, 0.15) is 10.4 Å². The van der Waals surface area contributed by atoms with E-state index in [4.69, 9.17) is 42.8 Å². The van der Waals surface area contributed by atoms with E-state index in [1.807, 2.05) is 0 Å². The van der Waals surface area contributed by atoms with Gasteiger partial charge in [0.25, 0.3) is 0 Å². The average molecular weight is 483 g/mol. The quantitative estimate of drug-likeness (QED) is 0.231. The van der Waals surface area contributed by atoms with E-state index >= 15 is 0 Å². The van der Waals surface area contributed by atoms with Gasteiger partial charge in [0.1, 0.15) is 6.10 Å². The Balaban J connectivity index is -0.0000000476. The third kappa shape index (κ3) is 22.9. The van der Waals surface area contributed by atoms with Crippen molar-refractivity contribution in [3.8, 4) is 5.75 Å². The third-order valence-corrected chi connectivity index (χ3v) is 1.91. The molecule has 1 aromatic carbocycles. The largest absolute Gasteiger partial charge is 1.00 e. The summed E-state index contributed by atoms with van der Waals surface area (Å²) in [7, 11) is 0. The number of carbonyl (C=O) groups is 3. The summed E-state index contributed by atoms with van der Waals surface area (Å²) in [5.41, 5.74) is 5.57.